The number of methoxy groups -OCH3 is 2. The standard InChI is InChI=1S/C32H23F3N4O6/c1-43-22-9-5-7-16-13-23(45-28(16)22)30(41)38-39-20-8-4-3-6-15(20)12-21(39)27(40)18-14-19-17(10-11-36-19)24-25(31(42)44-2)29(32(33,34)35)37-26(18)24/h3-9,12-14,36-37H,10-11H2,1-2H3,(H,38,41). The minimum atomic E-state index is -4.94. The van der Waals surface area contributed by atoms with E-state index in [0.717, 1.165) is 7.11 Å². The molecule has 0 spiro atoms. The number of anilines is 1. The van der Waals surface area contributed by atoms with Crippen LogP contribution in [-0.2, 0) is 17.3 Å². The second-order valence-electron chi connectivity index (χ2n) is 10.4. The number of nitrogens with zero attached hydrogens (tertiary/aromatic N) is 1. The van der Waals surface area contributed by atoms with Crippen LogP contribution in [0.15, 0.2) is 65.1 Å². The second-order valence-corrected chi connectivity index (χ2v) is 10.4. The van der Waals surface area contributed by atoms with Crippen molar-refractivity contribution in [3.63, 3.8) is 0 Å². The fourth-order valence-electron chi connectivity index (χ4n) is 5.93. The van der Waals surface area contributed by atoms with E-state index in [0.29, 0.717) is 51.8 Å². The lowest BCUT2D eigenvalue weighted by molar-refractivity contribution is -0.141. The van der Waals surface area contributed by atoms with Gasteiger partial charge in [0.25, 0.3) is 0 Å². The molecule has 0 aliphatic carbocycles. The van der Waals surface area contributed by atoms with E-state index in [-0.39, 0.29) is 27.9 Å². The lowest BCUT2D eigenvalue weighted by Crippen LogP contribution is -2.26. The zero-order valence-corrected chi connectivity index (χ0v) is 23.7. The van der Waals surface area contributed by atoms with Crippen LogP contribution in [0.2, 0.25) is 0 Å². The molecule has 0 fully saturated rings. The SMILES string of the molecule is COC(=O)c1c(C(F)(F)F)[nH]c2c(C(=O)c3cc4ccccc4n3NC(=O)c3cc4cccc(OC)c4o3)cc3c(c12)CCN3. The molecule has 1 aliphatic heterocycles. The van der Waals surface area contributed by atoms with Gasteiger partial charge < -0.3 is 24.2 Å². The van der Waals surface area contributed by atoms with Crippen molar-refractivity contribution in [2.75, 3.05) is 31.5 Å². The first-order valence-corrected chi connectivity index (χ1v) is 13.7. The molecule has 6 aromatic rings. The smallest absolute Gasteiger partial charge is 0.432 e. The van der Waals surface area contributed by atoms with Gasteiger partial charge in [-0.2, -0.15) is 13.2 Å². The van der Waals surface area contributed by atoms with Crippen molar-refractivity contribution >= 4 is 56.1 Å². The fraction of sp³-hybridized carbons (Fsp3) is 0.156. The summed E-state index contributed by atoms with van der Waals surface area (Å²) >= 11 is 0. The number of aromatic nitrogens is 2. The molecule has 3 aromatic heterocycles. The van der Waals surface area contributed by atoms with Gasteiger partial charge in [0, 0.05) is 28.4 Å². The molecule has 0 saturated heterocycles. The Morgan fingerprint density at radius 1 is 1.00 bits per heavy atom. The molecule has 0 bridgehead atoms. The van der Waals surface area contributed by atoms with Crippen molar-refractivity contribution < 1.29 is 41.4 Å². The lowest BCUT2D eigenvalue weighted by Gasteiger charge is -2.13. The number of para-hydroxylation sites is 2. The number of carbonyl (C=O) groups excluding carboxylic acids is 3. The Morgan fingerprint density at radius 3 is 2.53 bits per heavy atom. The number of hydrogen-bond acceptors (Lipinski definition) is 7. The zero-order chi connectivity index (χ0) is 31.6. The van der Waals surface area contributed by atoms with Crippen LogP contribution in [0.25, 0.3) is 32.8 Å². The Balaban J connectivity index is 1.40. The number of furan rings is 1. The molecule has 0 unspecified atom stereocenters. The average molecular weight is 617 g/mol. The van der Waals surface area contributed by atoms with Crippen LogP contribution in [-0.4, -0.2) is 48.1 Å². The third-order valence-electron chi connectivity index (χ3n) is 7.90. The predicted octanol–water partition coefficient (Wildman–Crippen LogP) is 6.27. The first kappa shape index (κ1) is 28.1. The minimum absolute atomic E-state index is 0.0389. The second kappa shape index (κ2) is 10.2. The summed E-state index contributed by atoms with van der Waals surface area (Å²) < 4.78 is 59.8. The highest BCUT2D eigenvalue weighted by Gasteiger charge is 2.41. The molecular formula is C32H23F3N4O6. The van der Waals surface area contributed by atoms with Crippen molar-refractivity contribution in [1.29, 1.82) is 0 Å². The highest BCUT2D eigenvalue weighted by molar-refractivity contribution is 6.21. The number of esters is 1. The Morgan fingerprint density at radius 2 is 1.78 bits per heavy atom. The number of carbonyl (C=O) groups is 3. The zero-order valence-electron chi connectivity index (χ0n) is 23.7. The summed E-state index contributed by atoms with van der Waals surface area (Å²) in [5, 5.41) is 4.25. The average Bonchev–Trinajstić information content (AvgIpc) is 3.82. The van der Waals surface area contributed by atoms with Crippen molar-refractivity contribution in [1.82, 2.24) is 9.66 Å². The van der Waals surface area contributed by atoms with Crippen LogP contribution in [0.5, 0.6) is 5.75 Å². The maximum absolute atomic E-state index is 14.3. The topological polar surface area (TPSA) is 128 Å². The normalized spacial score (nSPS) is 12.8. The monoisotopic (exact) mass is 616 g/mol. The van der Waals surface area contributed by atoms with Gasteiger partial charge in [-0.25, -0.2) is 9.47 Å². The molecule has 1 aliphatic rings. The van der Waals surface area contributed by atoms with Crippen molar-refractivity contribution in [2.24, 2.45) is 0 Å². The third kappa shape index (κ3) is 4.38. The van der Waals surface area contributed by atoms with Crippen LogP contribution in [0.3, 0.4) is 0 Å². The van der Waals surface area contributed by atoms with Gasteiger partial charge in [0.2, 0.25) is 5.78 Å². The Hall–Kier alpha value is -5.72. The van der Waals surface area contributed by atoms with Crippen molar-refractivity contribution in [2.45, 2.75) is 12.6 Å². The molecule has 10 nitrogen and oxygen atoms in total. The van der Waals surface area contributed by atoms with Crippen molar-refractivity contribution in [3.05, 3.63) is 94.5 Å². The number of fused-ring (bicyclic) bond motifs is 5. The highest BCUT2D eigenvalue weighted by atomic mass is 19.4. The number of aromatic amines is 1. The predicted molar refractivity (Wildman–Crippen MR) is 159 cm³/mol. The Kier molecular flexibility index (Phi) is 6.35. The van der Waals surface area contributed by atoms with Crippen LogP contribution in [0.1, 0.15) is 48.2 Å². The minimum Gasteiger partial charge on any atom is -0.493 e. The molecule has 3 N–H and O–H groups in total. The van der Waals surface area contributed by atoms with E-state index < -0.39 is 35.1 Å². The molecule has 13 heteroatoms. The van der Waals surface area contributed by atoms with Gasteiger partial charge in [-0.3, -0.25) is 15.0 Å². The maximum atomic E-state index is 14.3. The first-order chi connectivity index (χ1) is 21.6. The summed E-state index contributed by atoms with van der Waals surface area (Å²) in [6, 6.07) is 16.6. The van der Waals surface area contributed by atoms with Gasteiger partial charge in [0.1, 0.15) is 11.4 Å². The van der Waals surface area contributed by atoms with Crippen LogP contribution in [0.4, 0.5) is 18.9 Å². The number of benzene rings is 3. The van der Waals surface area contributed by atoms with Gasteiger partial charge >= 0.3 is 18.1 Å². The molecule has 4 heterocycles. The summed E-state index contributed by atoms with van der Waals surface area (Å²) in [5.41, 5.74) is 2.07. The first-order valence-electron chi connectivity index (χ1n) is 13.7. The van der Waals surface area contributed by atoms with Crippen LogP contribution >= 0.6 is 0 Å². The van der Waals surface area contributed by atoms with E-state index in [1.54, 1.807) is 42.5 Å². The van der Waals surface area contributed by atoms with Gasteiger partial charge in [-0.1, -0.05) is 30.3 Å². The summed E-state index contributed by atoms with van der Waals surface area (Å²) in [7, 11) is 2.47. The van der Waals surface area contributed by atoms with E-state index in [2.05, 4.69) is 15.7 Å². The number of H-pyrrole nitrogens is 1. The molecule has 45 heavy (non-hydrogen) atoms. The number of nitrogens with one attached hydrogen (secondary N) is 3. The van der Waals surface area contributed by atoms with E-state index >= 15 is 0 Å². The van der Waals surface area contributed by atoms with E-state index in [1.807, 2.05) is 0 Å². The van der Waals surface area contributed by atoms with E-state index in [1.165, 1.54) is 30.0 Å². The van der Waals surface area contributed by atoms with Gasteiger partial charge in [-0.05, 0) is 42.3 Å². The number of ketones is 1. The van der Waals surface area contributed by atoms with Crippen LogP contribution in [0, 0.1) is 0 Å². The number of amides is 1. The molecule has 0 atom stereocenters. The summed E-state index contributed by atoms with van der Waals surface area (Å²) in [5.74, 6) is -2.20. The number of halogens is 3. The molecule has 7 rings (SSSR count). The largest absolute Gasteiger partial charge is 0.493 e. The fourth-order valence-corrected chi connectivity index (χ4v) is 5.93. The number of hydrogen-bond donors (Lipinski definition) is 3. The Labute approximate surface area is 251 Å². The molecule has 228 valence electrons. The number of rotatable bonds is 6. The maximum Gasteiger partial charge on any atom is 0.432 e. The number of alkyl halides is 3. The van der Waals surface area contributed by atoms with E-state index in [4.69, 9.17) is 13.9 Å². The highest BCUT2D eigenvalue weighted by Crippen LogP contribution is 2.42. The summed E-state index contributed by atoms with van der Waals surface area (Å²) in [4.78, 5) is 42.9. The summed E-state index contributed by atoms with van der Waals surface area (Å²) in [6.07, 6.45) is -4.61. The number of ether oxygens (including phenoxy) is 2. The molecule has 3 aromatic carbocycles. The van der Waals surface area contributed by atoms with E-state index in [9.17, 15) is 27.6 Å². The summed E-state index contributed by atoms with van der Waals surface area (Å²) in [6.45, 7) is 0.397. The molecule has 1 amide bonds. The Bertz CT molecular complexity index is 2210. The van der Waals surface area contributed by atoms with Crippen LogP contribution < -0.4 is 15.5 Å². The van der Waals surface area contributed by atoms with Gasteiger partial charge in [-0.15, -0.1) is 0 Å². The molecule has 0 saturated carbocycles. The van der Waals surface area contributed by atoms with Gasteiger partial charge in [0.15, 0.2) is 17.1 Å². The van der Waals surface area contributed by atoms with Crippen molar-refractivity contribution in [3.8, 4) is 5.75 Å². The molecule has 0 radical (unpaired) electrons. The van der Waals surface area contributed by atoms with Gasteiger partial charge in [0.05, 0.1) is 36.4 Å². The quantitative estimate of drug-likeness (QED) is 0.149. The molecular weight excluding hydrogens is 593 g/mol. The lowest BCUT2D eigenvalue weighted by atomic mass is 9.96. The third-order valence-corrected chi connectivity index (χ3v) is 7.90.